The summed E-state index contributed by atoms with van der Waals surface area (Å²) < 4.78 is 4.17. The van der Waals surface area contributed by atoms with E-state index in [-0.39, 0.29) is 5.91 Å². The molecule has 0 saturated carbocycles. The van der Waals surface area contributed by atoms with Crippen molar-refractivity contribution in [2.45, 2.75) is 13.8 Å². The molecule has 1 aromatic heterocycles. The van der Waals surface area contributed by atoms with Crippen LogP contribution in [-0.2, 0) is 14.2 Å². The molecule has 2 N–H and O–H groups in total. The summed E-state index contributed by atoms with van der Waals surface area (Å²) in [6.45, 7) is 10.2. The van der Waals surface area contributed by atoms with Gasteiger partial charge >= 0.3 is 0 Å². The summed E-state index contributed by atoms with van der Waals surface area (Å²) in [6.07, 6.45) is 0. The van der Waals surface area contributed by atoms with Crippen molar-refractivity contribution in [1.29, 1.82) is 5.26 Å². The van der Waals surface area contributed by atoms with Gasteiger partial charge in [-0.1, -0.05) is 5.04 Å². The van der Waals surface area contributed by atoms with E-state index < -0.39 is 0 Å². The summed E-state index contributed by atoms with van der Waals surface area (Å²) in [5.41, 5.74) is 2.25. The fourth-order valence-corrected chi connectivity index (χ4v) is 3.29. The Morgan fingerprint density at radius 2 is 2.23 bits per heavy atom. The van der Waals surface area contributed by atoms with Gasteiger partial charge in [-0.2, -0.15) is 5.26 Å². The van der Waals surface area contributed by atoms with Crippen LogP contribution in [0.4, 0.5) is 27.1 Å². The number of anilines is 2. The molecule has 0 aliphatic rings. The summed E-state index contributed by atoms with van der Waals surface area (Å²) in [7, 11) is 1.68. The first kappa shape index (κ1) is 22.8. The molecule has 30 heavy (non-hydrogen) atoms. The lowest BCUT2D eigenvalue weighted by Crippen LogP contribution is -2.10. The average Bonchev–Trinajstić information content (AvgIpc) is 3.04. The maximum Gasteiger partial charge on any atom is 0.247 e. The predicted molar refractivity (Wildman–Crippen MR) is 114 cm³/mol. The van der Waals surface area contributed by atoms with Crippen molar-refractivity contribution >= 4 is 56.4 Å². The molecule has 0 radical (unpaired) electrons. The fraction of sp³-hybridized carbons (Fsp3) is 0.167. The fourth-order valence-electron chi connectivity index (χ4n) is 2.19. The summed E-state index contributed by atoms with van der Waals surface area (Å²) in [5, 5.41) is 35.0. The number of thiophene rings is 1. The summed E-state index contributed by atoms with van der Waals surface area (Å²) in [6, 6.07) is 9.75. The van der Waals surface area contributed by atoms with Gasteiger partial charge in [0.25, 0.3) is 0 Å². The van der Waals surface area contributed by atoms with E-state index in [1.807, 2.05) is 6.07 Å². The van der Waals surface area contributed by atoms with E-state index in [1.54, 1.807) is 37.1 Å². The number of amides is 1. The van der Waals surface area contributed by atoms with Crippen LogP contribution in [0.5, 0.6) is 0 Å². The summed E-state index contributed by atoms with van der Waals surface area (Å²) in [4.78, 5) is 16.5. The number of nitrogens with one attached hydrogen (secondary N) is 1. The van der Waals surface area contributed by atoms with Crippen LogP contribution >= 0.6 is 23.4 Å². The molecule has 0 fully saturated rings. The topological polar surface area (TPSA) is 124 Å². The van der Waals surface area contributed by atoms with Crippen molar-refractivity contribution < 1.29 is 19.4 Å². The normalized spacial score (nSPS) is 10.1. The zero-order valence-corrected chi connectivity index (χ0v) is 17.6. The lowest BCUT2D eigenvalue weighted by atomic mass is 10.2. The molecule has 0 aliphatic heterocycles. The Hall–Kier alpha value is -3.44. The molecule has 0 aliphatic carbocycles. The molecule has 0 bridgehead atoms. The minimum Gasteiger partial charge on any atom is -0.324 e. The number of carbonyl (C=O) groups excluding carboxylic acids is 1. The van der Waals surface area contributed by atoms with Gasteiger partial charge in [0.2, 0.25) is 10.9 Å². The van der Waals surface area contributed by atoms with Crippen LogP contribution < -0.4 is 10.2 Å². The third kappa shape index (κ3) is 5.78. The minimum atomic E-state index is -0.304. The van der Waals surface area contributed by atoms with Gasteiger partial charge in [-0.25, -0.2) is 10.1 Å². The first-order chi connectivity index (χ1) is 14.4. The number of rotatable bonds is 6. The summed E-state index contributed by atoms with van der Waals surface area (Å²) >= 11 is 1.66. The van der Waals surface area contributed by atoms with E-state index in [0.717, 1.165) is 11.3 Å². The Kier molecular flexibility index (Phi) is 8.32. The molecule has 1 aromatic carbocycles. The van der Waals surface area contributed by atoms with Gasteiger partial charge in [-0.15, -0.1) is 25.9 Å². The Bertz CT molecular complexity index is 1120. The molecule has 1 heterocycles. The SMILES string of the molecule is [C-]#[N+]c1sc(N=Nc2ccc(N(C)C#CSOOO)cc2NC(C)=O)c(C#N)c1C. The van der Waals surface area contributed by atoms with Gasteiger partial charge in [0.15, 0.2) is 0 Å². The second kappa shape index (κ2) is 10.9. The van der Waals surface area contributed by atoms with Crippen LogP contribution in [-0.4, -0.2) is 18.2 Å². The van der Waals surface area contributed by atoms with Gasteiger partial charge < -0.3 is 10.2 Å². The molecule has 10 nitrogen and oxygen atoms in total. The van der Waals surface area contributed by atoms with E-state index >= 15 is 0 Å². The first-order valence-electron chi connectivity index (χ1n) is 8.03. The Labute approximate surface area is 180 Å². The van der Waals surface area contributed by atoms with Crippen molar-refractivity contribution in [2.24, 2.45) is 10.2 Å². The van der Waals surface area contributed by atoms with Crippen molar-refractivity contribution in [3.05, 3.63) is 40.7 Å². The molecule has 2 rings (SSSR count). The highest BCUT2D eigenvalue weighted by atomic mass is 32.2. The van der Waals surface area contributed by atoms with Crippen LogP contribution in [0.2, 0.25) is 0 Å². The molecule has 2 aromatic rings. The number of hydrogen-bond donors (Lipinski definition) is 2. The second-order valence-corrected chi connectivity index (χ2v) is 7.00. The summed E-state index contributed by atoms with van der Waals surface area (Å²) in [5.74, 6) is -0.304. The molecule has 12 heteroatoms. The quantitative estimate of drug-likeness (QED) is 0.0912. The molecule has 0 atom stereocenters. The Morgan fingerprint density at radius 1 is 1.47 bits per heavy atom. The molecule has 0 unspecified atom stereocenters. The van der Waals surface area contributed by atoms with E-state index in [1.165, 1.54) is 6.92 Å². The second-order valence-electron chi connectivity index (χ2n) is 5.52. The van der Waals surface area contributed by atoms with Gasteiger partial charge in [-0.3, -0.25) is 4.79 Å². The zero-order chi connectivity index (χ0) is 22.1. The smallest absolute Gasteiger partial charge is 0.247 e. The molecular weight excluding hydrogens is 428 g/mol. The maximum absolute atomic E-state index is 11.6. The van der Waals surface area contributed by atoms with Gasteiger partial charge in [0, 0.05) is 25.3 Å². The zero-order valence-electron chi connectivity index (χ0n) is 16.0. The highest BCUT2D eigenvalue weighted by Gasteiger charge is 2.15. The predicted octanol–water partition coefficient (Wildman–Crippen LogP) is 5.28. The largest absolute Gasteiger partial charge is 0.324 e. The third-order valence-corrected chi connectivity index (χ3v) is 4.94. The van der Waals surface area contributed by atoms with Crippen molar-refractivity contribution in [3.63, 3.8) is 0 Å². The Morgan fingerprint density at radius 3 is 2.87 bits per heavy atom. The van der Waals surface area contributed by atoms with Crippen molar-refractivity contribution in [3.8, 4) is 17.4 Å². The van der Waals surface area contributed by atoms with E-state index in [0.29, 0.717) is 50.2 Å². The molecule has 152 valence electrons. The van der Waals surface area contributed by atoms with Gasteiger partial charge in [0.05, 0.1) is 23.5 Å². The van der Waals surface area contributed by atoms with E-state index in [4.69, 9.17) is 11.8 Å². The van der Waals surface area contributed by atoms with Crippen molar-refractivity contribution in [1.82, 2.24) is 0 Å². The number of nitrogens with zero attached hydrogens (tertiary/aromatic N) is 5. The van der Waals surface area contributed by atoms with Crippen LogP contribution in [0.3, 0.4) is 0 Å². The minimum absolute atomic E-state index is 0.300. The monoisotopic (exact) mass is 442 g/mol. The third-order valence-electron chi connectivity index (χ3n) is 3.56. The number of benzene rings is 1. The number of carbonyl (C=O) groups is 1. The molecule has 1 amide bonds. The number of azo groups is 1. The van der Waals surface area contributed by atoms with E-state index in [9.17, 15) is 10.1 Å². The molecular formula is C18H14N6O4S2. The number of nitriles is 1. The van der Waals surface area contributed by atoms with Crippen molar-refractivity contribution in [2.75, 3.05) is 17.3 Å². The molecule has 0 saturated heterocycles. The van der Waals surface area contributed by atoms with Crippen LogP contribution in [0.1, 0.15) is 18.1 Å². The lowest BCUT2D eigenvalue weighted by molar-refractivity contribution is -0.431. The maximum atomic E-state index is 11.6. The average molecular weight is 442 g/mol. The van der Waals surface area contributed by atoms with Gasteiger partial charge in [0.1, 0.15) is 28.8 Å². The standard InChI is InChI=1S/C18H14N6O4S2/c1-11-14(10-19)18(30-17(11)20-3)23-22-15-6-5-13(9-16(15)21-12(2)25)24(4)7-8-29-28-27-26/h5-6,9,26H,1-2,4H3,(H,21,25). The lowest BCUT2D eigenvalue weighted by Gasteiger charge is -2.14. The Balaban J connectivity index is 2.37. The highest BCUT2D eigenvalue weighted by molar-refractivity contribution is 7.99. The highest BCUT2D eigenvalue weighted by Crippen LogP contribution is 2.41. The van der Waals surface area contributed by atoms with E-state index in [2.05, 4.69) is 41.1 Å². The van der Waals surface area contributed by atoms with Crippen LogP contribution in [0.25, 0.3) is 4.85 Å². The van der Waals surface area contributed by atoms with Gasteiger partial charge in [-0.05, 0) is 30.7 Å². The van der Waals surface area contributed by atoms with Crippen LogP contribution in [0.15, 0.2) is 28.4 Å². The number of hydrogen-bond acceptors (Lipinski definition) is 10. The first-order valence-corrected chi connectivity index (χ1v) is 9.59. The van der Waals surface area contributed by atoms with Crippen LogP contribution in [0, 0.1) is 36.1 Å². The molecule has 0 spiro atoms.